The Bertz CT molecular complexity index is 181. The van der Waals surface area contributed by atoms with Gasteiger partial charge in [0.05, 0.1) is 6.61 Å². The molecule has 1 aliphatic rings. The van der Waals surface area contributed by atoms with Gasteiger partial charge < -0.3 is 15.4 Å². The molecular formula is C10H22N2O2. The normalized spacial score (nSPS) is 25.4. The minimum Gasteiger partial charge on any atom is -0.450 e. The van der Waals surface area contributed by atoms with Crippen LogP contribution >= 0.6 is 0 Å². The van der Waals surface area contributed by atoms with Gasteiger partial charge in [0, 0.05) is 18.6 Å². The monoisotopic (exact) mass is 202 g/mol. The van der Waals surface area contributed by atoms with Crippen LogP contribution in [0.15, 0.2) is 0 Å². The topological polar surface area (TPSA) is 55.6 Å². The Kier molecular flexibility index (Phi) is 5.53. The Balaban J connectivity index is 0.000000791. The molecule has 1 atom stereocenters. The first kappa shape index (κ1) is 13.2. The summed E-state index contributed by atoms with van der Waals surface area (Å²) >= 11 is 0. The van der Waals surface area contributed by atoms with Gasteiger partial charge in [-0.1, -0.05) is 13.8 Å². The van der Waals surface area contributed by atoms with E-state index in [2.05, 4.69) is 0 Å². The molecule has 1 rings (SSSR count). The summed E-state index contributed by atoms with van der Waals surface area (Å²) in [7, 11) is 0. The molecule has 1 fully saturated rings. The molecule has 0 bridgehead atoms. The van der Waals surface area contributed by atoms with Gasteiger partial charge in [-0.05, 0) is 20.3 Å². The molecule has 1 heterocycles. The molecule has 4 nitrogen and oxygen atoms in total. The first-order valence-corrected chi connectivity index (χ1v) is 5.26. The highest BCUT2D eigenvalue weighted by Crippen LogP contribution is 2.18. The predicted octanol–water partition coefficient (Wildman–Crippen LogP) is 1.59. The van der Waals surface area contributed by atoms with Gasteiger partial charge in [-0.3, -0.25) is 0 Å². The highest BCUT2D eigenvalue weighted by atomic mass is 16.6. The second-order valence-corrected chi connectivity index (χ2v) is 3.52. The van der Waals surface area contributed by atoms with Crippen LogP contribution in [0.4, 0.5) is 4.79 Å². The van der Waals surface area contributed by atoms with Crippen LogP contribution in [0.1, 0.15) is 34.1 Å². The molecule has 14 heavy (non-hydrogen) atoms. The van der Waals surface area contributed by atoms with Gasteiger partial charge in [-0.15, -0.1) is 0 Å². The molecule has 0 spiro atoms. The minimum absolute atomic E-state index is 0.229. The summed E-state index contributed by atoms with van der Waals surface area (Å²) < 4.78 is 4.85. The van der Waals surface area contributed by atoms with Crippen molar-refractivity contribution in [2.75, 3.05) is 19.7 Å². The van der Waals surface area contributed by atoms with Crippen LogP contribution in [0.5, 0.6) is 0 Å². The van der Waals surface area contributed by atoms with Gasteiger partial charge in [0.25, 0.3) is 0 Å². The highest BCUT2D eigenvalue weighted by Gasteiger charge is 2.33. The van der Waals surface area contributed by atoms with E-state index >= 15 is 0 Å². The summed E-state index contributed by atoms with van der Waals surface area (Å²) in [4.78, 5) is 12.8. The summed E-state index contributed by atoms with van der Waals surface area (Å²) in [5, 5.41) is 0. The number of hydrogen-bond acceptors (Lipinski definition) is 3. The van der Waals surface area contributed by atoms with Crippen molar-refractivity contribution >= 4 is 6.09 Å². The average molecular weight is 202 g/mol. The zero-order valence-electron chi connectivity index (χ0n) is 9.67. The molecule has 0 aromatic carbocycles. The fourth-order valence-electron chi connectivity index (χ4n) is 1.36. The third-order valence-corrected chi connectivity index (χ3v) is 2.03. The molecule has 1 aliphatic heterocycles. The van der Waals surface area contributed by atoms with Crippen LogP contribution in [-0.2, 0) is 4.74 Å². The van der Waals surface area contributed by atoms with Crippen molar-refractivity contribution in [2.45, 2.75) is 39.7 Å². The predicted molar refractivity (Wildman–Crippen MR) is 57.2 cm³/mol. The van der Waals surface area contributed by atoms with E-state index in [4.69, 9.17) is 10.5 Å². The smallest absolute Gasteiger partial charge is 0.409 e. The van der Waals surface area contributed by atoms with Crippen molar-refractivity contribution in [3.63, 3.8) is 0 Å². The number of carbonyl (C=O) groups excluding carboxylic acids is 1. The van der Waals surface area contributed by atoms with E-state index < -0.39 is 0 Å². The number of carbonyl (C=O) groups is 1. The lowest BCUT2D eigenvalue weighted by atomic mass is 10.0. The van der Waals surface area contributed by atoms with Crippen LogP contribution in [0.25, 0.3) is 0 Å². The van der Waals surface area contributed by atoms with Crippen LogP contribution in [0.2, 0.25) is 0 Å². The summed E-state index contributed by atoms with van der Waals surface area (Å²) in [5.74, 6) is 0. The molecule has 2 N–H and O–H groups in total. The van der Waals surface area contributed by atoms with Gasteiger partial charge in [0.15, 0.2) is 0 Å². The van der Waals surface area contributed by atoms with Gasteiger partial charge in [-0.25, -0.2) is 4.79 Å². The van der Waals surface area contributed by atoms with E-state index in [0.717, 1.165) is 6.42 Å². The van der Waals surface area contributed by atoms with E-state index in [1.54, 1.807) is 11.8 Å². The Morgan fingerprint density at radius 2 is 2.14 bits per heavy atom. The molecule has 4 heteroatoms. The second-order valence-electron chi connectivity index (χ2n) is 3.52. The van der Waals surface area contributed by atoms with Crippen LogP contribution < -0.4 is 5.73 Å². The molecule has 1 saturated heterocycles. The fraction of sp³-hybridized carbons (Fsp3) is 0.900. The number of rotatable bonds is 1. The van der Waals surface area contributed by atoms with Crippen molar-refractivity contribution in [3.05, 3.63) is 0 Å². The molecule has 0 radical (unpaired) electrons. The van der Waals surface area contributed by atoms with Gasteiger partial charge in [0.2, 0.25) is 0 Å². The molecule has 1 unspecified atom stereocenters. The third kappa shape index (κ3) is 3.96. The number of hydrogen-bond donors (Lipinski definition) is 1. The van der Waals surface area contributed by atoms with Crippen molar-refractivity contribution < 1.29 is 9.53 Å². The molecule has 0 aliphatic carbocycles. The lowest BCUT2D eigenvalue weighted by molar-refractivity contribution is 0.114. The average Bonchev–Trinajstić information content (AvgIpc) is 2.50. The summed E-state index contributed by atoms with van der Waals surface area (Å²) in [5.41, 5.74) is 5.62. The van der Waals surface area contributed by atoms with E-state index in [0.29, 0.717) is 19.7 Å². The molecule has 0 aromatic rings. The Morgan fingerprint density at radius 3 is 2.50 bits per heavy atom. The zero-order valence-corrected chi connectivity index (χ0v) is 9.67. The van der Waals surface area contributed by atoms with E-state index in [9.17, 15) is 4.79 Å². The number of ether oxygens (including phenoxy) is 1. The third-order valence-electron chi connectivity index (χ3n) is 2.03. The summed E-state index contributed by atoms with van der Waals surface area (Å²) in [6.45, 7) is 9.50. The first-order chi connectivity index (χ1) is 6.55. The molecule has 1 amide bonds. The molecule has 0 aromatic heterocycles. The Labute approximate surface area is 86.4 Å². The standard InChI is InChI=1S/C8H16N2O2.C2H6/c1-3-12-7(11)10-5-4-8(2,9)6-10;1-2/h3-6,9H2,1-2H3;1-2H3. The number of nitrogens with zero attached hydrogens (tertiary/aromatic N) is 1. The van der Waals surface area contributed by atoms with Crippen molar-refractivity contribution in [2.24, 2.45) is 5.73 Å². The van der Waals surface area contributed by atoms with Crippen molar-refractivity contribution in [3.8, 4) is 0 Å². The fourth-order valence-corrected chi connectivity index (χ4v) is 1.36. The summed E-state index contributed by atoms with van der Waals surface area (Å²) in [6.07, 6.45) is 0.609. The highest BCUT2D eigenvalue weighted by molar-refractivity contribution is 5.68. The first-order valence-electron chi connectivity index (χ1n) is 5.26. The van der Waals surface area contributed by atoms with E-state index in [-0.39, 0.29) is 11.6 Å². The molecule has 84 valence electrons. The zero-order chi connectivity index (χ0) is 11.2. The summed E-state index contributed by atoms with van der Waals surface area (Å²) in [6, 6.07) is 0. The van der Waals surface area contributed by atoms with Gasteiger partial charge in [-0.2, -0.15) is 0 Å². The lowest BCUT2D eigenvalue weighted by Gasteiger charge is -2.18. The van der Waals surface area contributed by atoms with Crippen LogP contribution in [0.3, 0.4) is 0 Å². The molecule has 0 saturated carbocycles. The number of likely N-dealkylation sites (tertiary alicyclic amines) is 1. The van der Waals surface area contributed by atoms with Gasteiger partial charge in [0.1, 0.15) is 0 Å². The second kappa shape index (κ2) is 5.86. The molecular weight excluding hydrogens is 180 g/mol. The van der Waals surface area contributed by atoms with Crippen molar-refractivity contribution in [1.82, 2.24) is 4.90 Å². The Hall–Kier alpha value is -0.770. The maximum absolute atomic E-state index is 11.2. The van der Waals surface area contributed by atoms with Crippen LogP contribution in [0, 0.1) is 0 Å². The van der Waals surface area contributed by atoms with E-state index in [1.807, 2.05) is 20.8 Å². The van der Waals surface area contributed by atoms with Crippen molar-refractivity contribution in [1.29, 1.82) is 0 Å². The number of amides is 1. The lowest BCUT2D eigenvalue weighted by Crippen LogP contribution is -2.40. The largest absolute Gasteiger partial charge is 0.450 e. The Morgan fingerprint density at radius 1 is 1.57 bits per heavy atom. The van der Waals surface area contributed by atoms with Gasteiger partial charge >= 0.3 is 6.09 Å². The minimum atomic E-state index is -0.244. The van der Waals surface area contributed by atoms with Crippen LogP contribution in [-0.4, -0.2) is 36.2 Å². The SMILES string of the molecule is CC.CCOC(=O)N1CCC(C)(N)C1. The quantitative estimate of drug-likeness (QED) is 0.702. The maximum Gasteiger partial charge on any atom is 0.409 e. The van der Waals surface area contributed by atoms with E-state index in [1.165, 1.54) is 0 Å². The number of nitrogens with two attached hydrogens (primary N) is 1. The maximum atomic E-state index is 11.2.